The summed E-state index contributed by atoms with van der Waals surface area (Å²) in [5.74, 6) is 1.70. The summed E-state index contributed by atoms with van der Waals surface area (Å²) in [6, 6.07) is 4.23. The minimum atomic E-state index is -0.129. The van der Waals surface area contributed by atoms with Crippen molar-refractivity contribution >= 4 is 5.82 Å². The van der Waals surface area contributed by atoms with Crippen LogP contribution in [0.2, 0.25) is 0 Å². The quantitative estimate of drug-likeness (QED) is 0.850. The van der Waals surface area contributed by atoms with Crippen LogP contribution in [0.1, 0.15) is 32.3 Å². The third kappa shape index (κ3) is 4.48. The van der Waals surface area contributed by atoms with Crippen LogP contribution in [0.15, 0.2) is 18.3 Å². The minimum Gasteiger partial charge on any atom is -0.393 e. The fourth-order valence-electron chi connectivity index (χ4n) is 2.31. The summed E-state index contributed by atoms with van der Waals surface area (Å²) in [4.78, 5) is 6.78. The lowest BCUT2D eigenvalue weighted by molar-refractivity contribution is 0.145. The van der Waals surface area contributed by atoms with Gasteiger partial charge in [0, 0.05) is 25.8 Å². The molecular weight excluding hydrogens is 238 g/mol. The molecule has 4 nitrogen and oxygen atoms in total. The molecule has 0 amide bonds. The molecule has 0 radical (unpaired) electrons. The summed E-state index contributed by atoms with van der Waals surface area (Å²) in [6.07, 6.45) is 3.52. The summed E-state index contributed by atoms with van der Waals surface area (Å²) in [5, 5.41) is 12.9. The van der Waals surface area contributed by atoms with E-state index >= 15 is 0 Å². The van der Waals surface area contributed by atoms with Crippen LogP contribution in [-0.4, -0.2) is 35.8 Å². The van der Waals surface area contributed by atoms with Gasteiger partial charge in [0.2, 0.25) is 0 Å². The second-order valence-electron chi connectivity index (χ2n) is 5.77. The Hall–Kier alpha value is -1.13. The highest BCUT2D eigenvalue weighted by Gasteiger charge is 2.17. The molecule has 0 atom stereocenters. The molecule has 1 saturated heterocycles. The third-order valence-corrected chi connectivity index (χ3v) is 3.48. The average Bonchev–Trinajstić information content (AvgIpc) is 2.40. The van der Waals surface area contributed by atoms with Gasteiger partial charge in [0.1, 0.15) is 5.82 Å². The number of aliphatic hydroxyl groups is 1. The lowest BCUT2D eigenvalue weighted by Crippen LogP contribution is -2.36. The Balaban J connectivity index is 1.84. The Morgan fingerprint density at radius 1 is 1.37 bits per heavy atom. The van der Waals surface area contributed by atoms with E-state index in [1.807, 2.05) is 6.20 Å². The van der Waals surface area contributed by atoms with Gasteiger partial charge in [0.25, 0.3) is 0 Å². The lowest BCUT2D eigenvalue weighted by Gasteiger charge is -2.30. The summed E-state index contributed by atoms with van der Waals surface area (Å²) in [7, 11) is 0. The Bertz CT molecular complexity index is 369. The summed E-state index contributed by atoms with van der Waals surface area (Å²) in [6.45, 7) is 8.13. The summed E-state index contributed by atoms with van der Waals surface area (Å²) in [5.41, 5.74) is 1.22. The Labute approximate surface area is 115 Å². The van der Waals surface area contributed by atoms with Crippen molar-refractivity contribution in [2.75, 3.05) is 24.5 Å². The van der Waals surface area contributed by atoms with Crippen molar-refractivity contribution in [2.45, 2.75) is 39.3 Å². The normalized spacial score (nSPS) is 17.2. The predicted molar refractivity (Wildman–Crippen MR) is 78.2 cm³/mol. The van der Waals surface area contributed by atoms with Gasteiger partial charge < -0.3 is 15.3 Å². The molecule has 0 aliphatic carbocycles. The highest BCUT2D eigenvalue weighted by molar-refractivity contribution is 5.39. The SMILES string of the molecule is CC(C)CNCc1ccc(N2CCC(O)CC2)nc1. The molecule has 0 aromatic carbocycles. The number of aromatic nitrogens is 1. The first kappa shape index (κ1) is 14.3. The minimum absolute atomic E-state index is 0.129. The number of anilines is 1. The Morgan fingerprint density at radius 3 is 2.68 bits per heavy atom. The summed E-state index contributed by atoms with van der Waals surface area (Å²) >= 11 is 0. The molecule has 0 spiro atoms. The third-order valence-electron chi connectivity index (χ3n) is 3.48. The van der Waals surface area contributed by atoms with Crippen molar-refractivity contribution in [1.82, 2.24) is 10.3 Å². The van der Waals surface area contributed by atoms with Gasteiger partial charge in [-0.3, -0.25) is 0 Å². The fraction of sp³-hybridized carbons (Fsp3) is 0.667. The molecule has 2 N–H and O–H groups in total. The van der Waals surface area contributed by atoms with E-state index in [2.05, 4.69) is 41.2 Å². The van der Waals surface area contributed by atoms with Crippen LogP contribution in [0.4, 0.5) is 5.82 Å². The van der Waals surface area contributed by atoms with E-state index in [4.69, 9.17) is 0 Å². The standard InChI is InChI=1S/C15H25N3O/c1-12(2)9-16-10-13-3-4-15(17-11-13)18-7-5-14(19)6-8-18/h3-4,11-12,14,16,19H,5-10H2,1-2H3. The highest BCUT2D eigenvalue weighted by Crippen LogP contribution is 2.17. The van der Waals surface area contributed by atoms with Crippen molar-refractivity contribution in [3.63, 3.8) is 0 Å². The maximum atomic E-state index is 9.50. The first-order chi connectivity index (χ1) is 9.15. The molecular formula is C15H25N3O. The maximum Gasteiger partial charge on any atom is 0.128 e. The molecule has 2 heterocycles. The number of aliphatic hydroxyl groups excluding tert-OH is 1. The zero-order chi connectivity index (χ0) is 13.7. The van der Waals surface area contributed by atoms with Crippen LogP contribution >= 0.6 is 0 Å². The molecule has 2 rings (SSSR count). The van der Waals surface area contributed by atoms with Crippen LogP contribution < -0.4 is 10.2 Å². The second kappa shape index (κ2) is 6.87. The number of nitrogens with one attached hydrogen (secondary N) is 1. The van der Waals surface area contributed by atoms with Gasteiger partial charge in [0.15, 0.2) is 0 Å². The van der Waals surface area contributed by atoms with Gasteiger partial charge in [-0.1, -0.05) is 19.9 Å². The van der Waals surface area contributed by atoms with E-state index < -0.39 is 0 Å². The fourth-order valence-corrected chi connectivity index (χ4v) is 2.31. The predicted octanol–water partition coefficient (Wildman–Crippen LogP) is 1.79. The van der Waals surface area contributed by atoms with Gasteiger partial charge in [-0.2, -0.15) is 0 Å². The molecule has 0 saturated carbocycles. The van der Waals surface area contributed by atoms with Gasteiger partial charge in [-0.25, -0.2) is 4.98 Å². The maximum absolute atomic E-state index is 9.50. The van der Waals surface area contributed by atoms with Gasteiger partial charge in [0.05, 0.1) is 6.10 Å². The van der Waals surface area contributed by atoms with Crippen molar-refractivity contribution < 1.29 is 5.11 Å². The van der Waals surface area contributed by atoms with E-state index in [0.29, 0.717) is 5.92 Å². The first-order valence-corrected chi connectivity index (χ1v) is 7.24. The molecule has 106 valence electrons. The Morgan fingerprint density at radius 2 is 2.11 bits per heavy atom. The summed E-state index contributed by atoms with van der Waals surface area (Å²) < 4.78 is 0. The van der Waals surface area contributed by atoms with Crippen LogP contribution in [0.5, 0.6) is 0 Å². The van der Waals surface area contributed by atoms with Gasteiger partial charge in [-0.15, -0.1) is 0 Å². The van der Waals surface area contributed by atoms with Crippen LogP contribution in [0.25, 0.3) is 0 Å². The topological polar surface area (TPSA) is 48.4 Å². The molecule has 1 fully saturated rings. The van der Waals surface area contributed by atoms with E-state index in [1.165, 1.54) is 5.56 Å². The Kier molecular flexibility index (Phi) is 5.16. The number of rotatable bonds is 5. The van der Waals surface area contributed by atoms with E-state index in [-0.39, 0.29) is 6.10 Å². The molecule has 19 heavy (non-hydrogen) atoms. The monoisotopic (exact) mass is 263 g/mol. The molecule has 1 aliphatic rings. The molecule has 0 unspecified atom stereocenters. The van der Waals surface area contributed by atoms with Gasteiger partial charge >= 0.3 is 0 Å². The van der Waals surface area contributed by atoms with E-state index in [9.17, 15) is 5.11 Å². The van der Waals surface area contributed by atoms with Crippen molar-refractivity contribution in [3.05, 3.63) is 23.9 Å². The molecule has 4 heteroatoms. The smallest absolute Gasteiger partial charge is 0.128 e. The van der Waals surface area contributed by atoms with E-state index in [0.717, 1.165) is 44.8 Å². The number of piperidine rings is 1. The number of pyridine rings is 1. The second-order valence-corrected chi connectivity index (χ2v) is 5.77. The number of nitrogens with zero attached hydrogens (tertiary/aromatic N) is 2. The zero-order valence-corrected chi connectivity index (χ0v) is 12.0. The van der Waals surface area contributed by atoms with Crippen molar-refractivity contribution in [1.29, 1.82) is 0 Å². The van der Waals surface area contributed by atoms with Gasteiger partial charge in [-0.05, 0) is 36.9 Å². The van der Waals surface area contributed by atoms with Crippen molar-refractivity contribution in [2.24, 2.45) is 5.92 Å². The number of hydrogen-bond donors (Lipinski definition) is 2. The van der Waals surface area contributed by atoms with Crippen LogP contribution in [0.3, 0.4) is 0 Å². The first-order valence-electron chi connectivity index (χ1n) is 7.24. The average molecular weight is 263 g/mol. The molecule has 1 aromatic rings. The molecule has 1 aliphatic heterocycles. The van der Waals surface area contributed by atoms with Crippen molar-refractivity contribution in [3.8, 4) is 0 Å². The van der Waals surface area contributed by atoms with Crippen LogP contribution in [0, 0.1) is 5.92 Å². The highest BCUT2D eigenvalue weighted by atomic mass is 16.3. The zero-order valence-electron chi connectivity index (χ0n) is 12.0. The lowest BCUT2D eigenvalue weighted by atomic mass is 10.1. The number of hydrogen-bond acceptors (Lipinski definition) is 4. The largest absolute Gasteiger partial charge is 0.393 e. The van der Waals surface area contributed by atoms with E-state index in [1.54, 1.807) is 0 Å². The molecule has 1 aromatic heterocycles. The molecule has 0 bridgehead atoms. The van der Waals surface area contributed by atoms with Crippen LogP contribution in [-0.2, 0) is 6.54 Å².